The number of anilines is 1. The number of hydrogen-bond donors (Lipinski definition) is 2. The van der Waals surface area contributed by atoms with Crippen molar-refractivity contribution < 1.29 is 19.2 Å². The standard InChI is InChI=1S/C24H22N4O5/c1-16-5-3-7-19(13-16)24(30)25-20-8-4-6-18(14-20)17(2)26-27-23(29)15-33-22-11-9-21(10-12-22)28(31)32/h3-14H,15H2,1-2H3,(H,25,30)(H,27,29). The molecule has 0 atom stereocenters. The zero-order valence-corrected chi connectivity index (χ0v) is 18.1. The molecule has 0 aromatic heterocycles. The Morgan fingerprint density at radius 3 is 2.39 bits per heavy atom. The molecule has 0 saturated heterocycles. The molecule has 3 rings (SSSR count). The van der Waals surface area contributed by atoms with Crippen molar-refractivity contribution in [1.29, 1.82) is 0 Å². The van der Waals surface area contributed by atoms with Crippen molar-refractivity contribution in [2.75, 3.05) is 11.9 Å². The fourth-order valence-corrected chi connectivity index (χ4v) is 2.87. The summed E-state index contributed by atoms with van der Waals surface area (Å²) in [6.45, 7) is 3.34. The third kappa shape index (κ3) is 6.73. The van der Waals surface area contributed by atoms with Gasteiger partial charge in [0.15, 0.2) is 6.61 Å². The monoisotopic (exact) mass is 446 g/mol. The van der Waals surface area contributed by atoms with E-state index in [1.807, 2.05) is 19.1 Å². The van der Waals surface area contributed by atoms with Gasteiger partial charge in [0.2, 0.25) is 0 Å². The van der Waals surface area contributed by atoms with Gasteiger partial charge in [-0.1, -0.05) is 29.8 Å². The topological polar surface area (TPSA) is 123 Å². The minimum absolute atomic E-state index is 0.0654. The minimum Gasteiger partial charge on any atom is -0.484 e. The smallest absolute Gasteiger partial charge is 0.277 e. The number of carbonyl (C=O) groups is 2. The highest BCUT2D eigenvalue weighted by Gasteiger charge is 2.09. The number of carbonyl (C=O) groups excluding carboxylic acids is 2. The van der Waals surface area contributed by atoms with Crippen LogP contribution in [0.25, 0.3) is 0 Å². The van der Waals surface area contributed by atoms with Gasteiger partial charge in [0.1, 0.15) is 5.75 Å². The maximum Gasteiger partial charge on any atom is 0.277 e. The Labute approximate surface area is 190 Å². The van der Waals surface area contributed by atoms with E-state index in [-0.39, 0.29) is 18.2 Å². The highest BCUT2D eigenvalue weighted by atomic mass is 16.6. The number of benzene rings is 3. The van der Waals surface area contributed by atoms with Gasteiger partial charge in [0, 0.05) is 23.4 Å². The molecule has 33 heavy (non-hydrogen) atoms. The molecule has 0 aliphatic rings. The number of nitrogens with zero attached hydrogens (tertiary/aromatic N) is 2. The Morgan fingerprint density at radius 2 is 1.70 bits per heavy atom. The van der Waals surface area contributed by atoms with Gasteiger partial charge in [-0.3, -0.25) is 19.7 Å². The third-order valence-corrected chi connectivity index (χ3v) is 4.58. The van der Waals surface area contributed by atoms with E-state index >= 15 is 0 Å². The Bertz CT molecular complexity index is 1210. The van der Waals surface area contributed by atoms with E-state index in [4.69, 9.17) is 4.74 Å². The lowest BCUT2D eigenvalue weighted by atomic mass is 10.1. The van der Waals surface area contributed by atoms with Gasteiger partial charge < -0.3 is 10.1 Å². The number of aryl methyl sites for hydroxylation is 1. The summed E-state index contributed by atoms with van der Waals surface area (Å²) in [5.41, 5.74) is 5.74. The molecule has 0 fully saturated rings. The summed E-state index contributed by atoms with van der Waals surface area (Å²) in [6, 6.07) is 19.8. The Morgan fingerprint density at radius 1 is 1.00 bits per heavy atom. The zero-order chi connectivity index (χ0) is 23.8. The molecule has 3 aromatic carbocycles. The van der Waals surface area contributed by atoms with E-state index in [2.05, 4.69) is 15.8 Å². The lowest BCUT2D eigenvalue weighted by Gasteiger charge is -2.09. The van der Waals surface area contributed by atoms with Crippen molar-refractivity contribution in [2.45, 2.75) is 13.8 Å². The number of amides is 2. The summed E-state index contributed by atoms with van der Waals surface area (Å²) in [6.07, 6.45) is 0. The van der Waals surface area contributed by atoms with Crippen LogP contribution in [0.15, 0.2) is 77.9 Å². The van der Waals surface area contributed by atoms with Crippen LogP contribution < -0.4 is 15.5 Å². The summed E-state index contributed by atoms with van der Waals surface area (Å²) in [5.74, 6) is -0.382. The van der Waals surface area contributed by atoms with E-state index in [0.29, 0.717) is 28.3 Å². The quantitative estimate of drug-likeness (QED) is 0.307. The number of nitro benzene ring substituents is 1. The van der Waals surface area contributed by atoms with Crippen LogP contribution in [-0.4, -0.2) is 29.1 Å². The van der Waals surface area contributed by atoms with Gasteiger partial charge in [-0.05, 0) is 55.8 Å². The molecule has 0 aliphatic carbocycles. The normalized spacial score (nSPS) is 10.9. The van der Waals surface area contributed by atoms with Crippen LogP contribution in [0.1, 0.15) is 28.4 Å². The van der Waals surface area contributed by atoms with Gasteiger partial charge in [-0.2, -0.15) is 5.10 Å². The minimum atomic E-state index is -0.517. The number of nitrogens with one attached hydrogen (secondary N) is 2. The van der Waals surface area contributed by atoms with Crippen molar-refractivity contribution in [2.24, 2.45) is 5.10 Å². The fraction of sp³-hybridized carbons (Fsp3) is 0.125. The summed E-state index contributed by atoms with van der Waals surface area (Å²) in [5, 5.41) is 17.6. The molecule has 168 valence electrons. The molecule has 0 unspecified atom stereocenters. The van der Waals surface area contributed by atoms with Crippen molar-refractivity contribution >= 4 is 28.9 Å². The molecule has 0 aliphatic heterocycles. The number of hydrogen-bond acceptors (Lipinski definition) is 6. The average molecular weight is 446 g/mol. The summed E-state index contributed by atoms with van der Waals surface area (Å²) in [4.78, 5) is 34.6. The van der Waals surface area contributed by atoms with Gasteiger partial charge >= 0.3 is 0 Å². The van der Waals surface area contributed by atoms with E-state index < -0.39 is 10.8 Å². The van der Waals surface area contributed by atoms with Crippen LogP contribution in [0.3, 0.4) is 0 Å². The maximum absolute atomic E-state index is 12.5. The van der Waals surface area contributed by atoms with Crippen LogP contribution >= 0.6 is 0 Å². The fourth-order valence-electron chi connectivity index (χ4n) is 2.87. The van der Waals surface area contributed by atoms with E-state index in [1.54, 1.807) is 43.3 Å². The lowest BCUT2D eigenvalue weighted by Crippen LogP contribution is -2.25. The number of nitro groups is 1. The number of non-ortho nitro benzene ring substituents is 1. The summed E-state index contributed by atoms with van der Waals surface area (Å²) < 4.78 is 5.30. The maximum atomic E-state index is 12.5. The largest absolute Gasteiger partial charge is 0.484 e. The molecular weight excluding hydrogens is 424 g/mol. The number of hydrazone groups is 1. The third-order valence-electron chi connectivity index (χ3n) is 4.58. The van der Waals surface area contributed by atoms with Gasteiger partial charge in [0.05, 0.1) is 10.6 Å². The predicted octanol–water partition coefficient (Wildman–Crippen LogP) is 4.07. The van der Waals surface area contributed by atoms with Crippen LogP contribution in [-0.2, 0) is 4.79 Å². The number of ether oxygens (including phenoxy) is 1. The molecule has 2 N–H and O–H groups in total. The van der Waals surface area contributed by atoms with Crippen LogP contribution in [0.4, 0.5) is 11.4 Å². The van der Waals surface area contributed by atoms with E-state index in [9.17, 15) is 19.7 Å². The first-order chi connectivity index (χ1) is 15.8. The molecule has 0 bridgehead atoms. The Hall–Kier alpha value is -4.53. The van der Waals surface area contributed by atoms with Crippen molar-refractivity contribution in [1.82, 2.24) is 5.43 Å². The first-order valence-corrected chi connectivity index (χ1v) is 10.0. The van der Waals surface area contributed by atoms with Gasteiger partial charge in [-0.15, -0.1) is 0 Å². The van der Waals surface area contributed by atoms with Crippen LogP contribution in [0.2, 0.25) is 0 Å². The highest BCUT2D eigenvalue weighted by molar-refractivity contribution is 6.05. The lowest BCUT2D eigenvalue weighted by molar-refractivity contribution is -0.384. The van der Waals surface area contributed by atoms with Crippen molar-refractivity contribution in [3.05, 3.63) is 99.6 Å². The molecule has 0 radical (unpaired) electrons. The van der Waals surface area contributed by atoms with Gasteiger partial charge in [-0.25, -0.2) is 5.43 Å². The molecular formula is C24H22N4O5. The molecule has 0 heterocycles. The van der Waals surface area contributed by atoms with Crippen molar-refractivity contribution in [3.8, 4) is 5.75 Å². The molecule has 0 saturated carbocycles. The van der Waals surface area contributed by atoms with Crippen LogP contribution in [0, 0.1) is 17.0 Å². The van der Waals surface area contributed by atoms with Crippen LogP contribution in [0.5, 0.6) is 5.75 Å². The number of rotatable bonds is 8. The van der Waals surface area contributed by atoms with E-state index in [1.165, 1.54) is 24.3 Å². The average Bonchev–Trinajstić information content (AvgIpc) is 2.81. The molecule has 9 heteroatoms. The SMILES string of the molecule is CC(=NNC(=O)COc1ccc([N+](=O)[O-])cc1)c1cccc(NC(=O)c2cccc(C)c2)c1. The Kier molecular flexibility index (Phi) is 7.48. The van der Waals surface area contributed by atoms with Crippen molar-refractivity contribution in [3.63, 3.8) is 0 Å². The second-order valence-electron chi connectivity index (χ2n) is 7.18. The molecule has 0 spiro atoms. The molecule has 9 nitrogen and oxygen atoms in total. The van der Waals surface area contributed by atoms with Gasteiger partial charge in [0.25, 0.3) is 17.5 Å². The molecule has 3 aromatic rings. The molecule has 2 amide bonds. The first kappa shape index (κ1) is 23.1. The second kappa shape index (κ2) is 10.7. The zero-order valence-electron chi connectivity index (χ0n) is 18.1. The first-order valence-electron chi connectivity index (χ1n) is 10.0. The predicted molar refractivity (Wildman–Crippen MR) is 125 cm³/mol. The summed E-state index contributed by atoms with van der Waals surface area (Å²) >= 11 is 0. The Balaban J connectivity index is 1.56. The van der Waals surface area contributed by atoms with E-state index in [0.717, 1.165) is 5.56 Å². The summed E-state index contributed by atoms with van der Waals surface area (Å²) in [7, 11) is 0. The second-order valence-corrected chi connectivity index (χ2v) is 7.18. The highest BCUT2D eigenvalue weighted by Crippen LogP contribution is 2.17.